The van der Waals surface area contributed by atoms with Gasteiger partial charge in [-0.3, -0.25) is 8.86 Å². The Bertz CT molecular complexity index is 1480. The lowest BCUT2D eigenvalue weighted by Gasteiger charge is -2.24. The molecule has 1 aliphatic carbocycles. The number of fused-ring (bicyclic) bond motifs is 1. The monoisotopic (exact) mass is 505 g/mol. The van der Waals surface area contributed by atoms with Crippen LogP contribution in [0.15, 0.2) is 54.9 Å². The Kier molecular flexibility index (Phi) is 7.04. The van der Waals surface area contributed by atoms with E-state index < -0.39 is 10.1 Å². The molecule has 2 aromatic heterocycles. The van der Waals surface area contributed by atoms with Crippen LogP contribution in [0.1, 0.15) is 55.7 Å². The highest BCUT2D eigenvalue weighted by molar-refractivity contribution is 7.85. The normalized spacial score (nSPS) is 15.1. The Morgan fingerprint density at radius 2 is 1.89 bits per heavy atom. The van der Waals surface area contributed by atoms with E-state index in [9.17, 15) is 8.42 Å². The fourth-order valence-electron chi connectivity index (χ4n) is 5.73. The van der Waals surface area contributed by atoms with Gasteiger partial charge in [0.1, 0.15) is 0 Å². The lowest BCUT2D eigenvalue weighted by molar-refractivity contribution is 0.316. The molecule has 0 amide bonds. The van der Waals surface area contributed by atoms with Crippen LogP contribution in [0.4, 0.5) is 0 Å². The maximum Gasteiger partial charge on any atom is 0.264 e. The molecule has 2 heterocycles. The molecule has 1 saturated carbocycles. The van der Waals surface area contributed by atoms with Crippen molar-refractivity contribution in [2.75, 3.05) is 12.9 Å². The molecule has 0 bridgehead atoms. The topological polar surface area (TPSA) is 66.1 Å². The van der Waals surface area contributed by atoms with Gasteiger partial charge in [-0.2, -0.15) is 13.5 Å². The van der Waals surface area contributed by atoms with Crippen molar-refractivity contribution in [1.29, 1.82) is 0 Å². The van der Waals surface area contributed by atoms with Gasteiger partial charge in [-0.25, -0.2) is 0 Å². The predicted molar refractivity (Wildman–Crippen MR) is 146 cm³/mol. The Morgan fingerprint density at radius 1 is 1.08 bits per heavy atom. The number of benzene rings is 2. The smallest absolute Gasteiger partial charge is 0.264 e. The van der Waals surface area contributed by atoms with Gasteiger partial charge in [-0.15, -0.1) is 0 Å². The summed E-state index contributed by atoms with van der Waals surface area (Å²) in [6.07, 6.45) is 13.0. The van der Waals surface area contributed by atoms with Crippen LogP contribution >= 0.6 is 0 Å². The van der Waals surface area contributed by atoms with E-state index >= 15 is 0 Å². The van der Waals surface area contributed by atoms with Crippen molar-refractivity contribution in [1.82, 2.24) is 14.3 Å². The molecule has 190 valence electrons. The first kappa shape index (κ1) is 24.8. The van der Waals surface area contributed by atoms with Crippen LogP contribution in [0.25, 0.3) is 33.3 Å². The quantitative estimate of drug-likeness (QED) is 0.204. The molecule has 0 atom stereocenters. The lowest BCUT2D eigenvalue weighted by Crippen LogP contribution is -2.11. The molecule has 0 saturated heterocycles. The molecule has 1 aliphatic rings. The summed E-state index contributed by atoms with van der Waals surface area (Å²) in [4.78, 5) is 0. The number of aryl methyl sites for hydroxylation is 3. The molecule has 0 radical (unpaired) electrons. The second-order valence-corrected chi connectivity index (χ2v) is 11.7. The van der Waals surface area contributed by atoms with E-state index in [-0.39, 0.29) is 6.61 Å². The summed E-state index contributed by atoms with van der Waals surface area (Å²) in [5.41, 5.74) is 8.47. The van der Waals surface area contributed by atoms with Crippen molar-refractivity contribution in [3.05, 3.63) is 66.0 Å². The minimum Gasteiger partial charge on any atom is -0.344 e. The third-order valence-electron chi connectivity index (χ3n) is 7.43. The number of aromatic nitrogens is 3. The van der Waals surface area contributed by atoms with Gasteiger partial charge in [-0.1, -0.05) is 43.5 Å². The van der Waals surface area contributed by atoms with Gasteiger partial charge in [0.05, 0.1) is 18.6 Å². The van der Waals surface area contributed by atoms with Crippen LogP contribution < -0.4 is 0 Å². The minimum absolute atomic E-state index is 0.195. The standard InChI is InChI=1S/C29H35N3O3S/c1-21-9-7-10-22(11-8-18-35-36(3,33)34)29(21)26-20-32(24-12-5-4-6-13-24)28-15-14-23(19-25(26)28)27-16-17-30-31(27)2/h7,9-10,14-17,19-20,24H,4-6,8,11-13,18H2,1-3H3. The molecule has 0 N–H and O–H groups in total. The zero-order valence-corrected chi connectivity index (χ0v) is 22.2. The van der Waals surface area contributed by atoms with Crippen molar-refractivity contribution >= 4 is 21.0 Å². The number of nitrogens with zero attached hydrogens (tertiary/aromatic N) is 3. The third-order valence-corrected chi connectivity index (χ3v) is 8.03. The van der Waals surface area contributed by atoms with Crippen LogP contribution in [-0.2, 0) is 27.8 Å². The first-order valence-corrected chi connectivity index (χ1v) is 14.7. The van der Waals surface area contributed by atoms with E-state index in [4.69, 9.17) is 4.18 Å². The minimum atomic E-state index is -3.43. The van der Waals surface area contributed by atoms with Crippen molar-refractivity contribution in [3.63, 3.8) is 0 Å². The lowest BCUT2D eigenvalue weighted by atomic mass is 9.92. The highest BCUT2D eigenvalue weighted by Gasteiger charge is 2.22. The highest BCUT2D eigenvalue weighted by Crippen LogP contribution is 2.41. The van der Waals surface area contributed by atoms with Crippen molar-refractivity contribution in [3.8, 4) is 22.4 Å². The molecule has 36 heavy (non-hydrogen) atoms. The zero-order chi connectivity index (χ0) is 25.3. The molecule has 0 spiro atoms. The Morgan fingerprint density at radius 3 is 2.61 bits per heavy atom. The van der Waals surface area contributed by atoms with Gasteiger partial charge in [-0.05, 0) is 67.5 Å². The second-order valence-electron chi connectivity index (χ2n) is 10.1. The van der Waals surface area contributed by atoms with Crippen LogP contribution in [-0.4, -0.2) is 35.6 Å². The SMILES string of the molecule is Cc1cccc(CCCOS(C)(=O)=O)c1-c1cn(C2CCCCC2)c2ccc(-c3ccnn3C)cc12. The zero-order valence-electron chi connectivity index (χ0n) is 21.4. The van der Waals surface area contributed by atoms with E-state index in [0.717, 1.165) is 23.9 Å². The summed E-state index contributed by atoms with van der Waals surface area (Å²) >= 11 is 0. The van der Waals surface area contributed by atoms with Gasteiger partial charge in [0.15, 0.2) is 0 Å². The van der Waals surface area contributed by atoms with Crippen LogP contribution in [0.5, 0.6) is 0 Å². The maximum atomic E-state index is 11.4. The van der Waals surface area contributed by atoms with Crippen LogP contribution in [0.3, 0.4) is 0 Å². The molecule has 0 unspecified atom stereocenters. The molecule has 5 rings (SSSR count). The number of hydrogen-bond donors (Lipinski definition) is 0. The van der Waals surface area contributed by atoms with Gasteiger partial charge >= 0.3 is 0 Å². The van der Waals surface area contributed by atoms with Crippen molar-refractivity contribution < 1.29 is 12.6 Å². The molecule has 1 fully saturated rings. The van der Waals surface area contributed by atoms with E-state index in [2.05, 4.69) is 65.3 Å². The van der Waals surface area contributed by atoms with E-state index in [1.165, 1.54) is 65.3 Å². The molecule has 6 nitrogen and oxygen atoms in total. The fraction of sp³-hybridized carbons (Fsp3) is 0.414. The van der Waals surface area contributed by atoms with Gasteiger partial charge < -0.3 is 4.57 Å². The maximum absolute atomic E-state index is 11.4. The Balaban J connectivity index is 1.62. The summed E-state index contributed by atoms with van der Waals surface area (Å²) in [6, 6.07) is 15.8. The Hall–Kier alpha value is -2.90. The summed E-state index contributed by atoms with van der Waals surface area (Å²) in [5, 5.41) is 5.63. The highest BCUT2D eigenvalue weighted by atomic mass is 32.2. The summed E-state index contributed by atoms with van der Waals surface area (Å²) in [6.45, 7) is 2.36. The van der Waals surface area contributed by atoms with Gasteiger partial charge in [0.2, 0.25) is 0 Å². The average molecular weight is 506 g/mol. The second kappa shape index (κ2) is 10.2. The van der Waals surface area contributed by atoms with Gasteiger partial charge in [0.25, 0.3) is 10.1 Å². The van der Waals surface area contributed by atoms with Crippen molar-refractivity contribution in [2.45, 2.75) is 57.9 Å². The molecule has 0 aliphatic heterocycles. The molecular weight excluding hydrogens is 470 g/mol. The molecule has 7 heteroatoms. The van der Waals surface area contributed by atoms with E-state index in [1.54, 1.807) is 0 Å². The Labute approximate surface area is 214 Å². The average Bonchev–Trinajstić information content (AvgIpc) is 3.45. The predicted octanol–water partition coefficient (Wildman–Crippen LogP) is 6.43. The first-order chi connectivity index (χ1) is 17.3. The van der Waals surface area contributed by atoms with Crippen molar-refractivity contribution in [2.24, 2.45) is 7.05 Å². The van der Waals surface area contributed by atoms with E-state index in [0.29, 0.717) is 12.5 Å². The number of rotatable bonds is 8. The summed E-state index contributed by atoms with van der Waals surface area (Å²) in [5.74, 6) is 0. The summed E-state index contributed by atoms with van der Waals surface area (Å²) < 4.78 is 32.3. The largest absolute Gasteiger partial charge is 0.344 e. The summed E-state index contributed by atoms with van der Waals surface area (Å²) in [7, 11) is -1.45. The van der Waals surface area contributed by atoms with Crippen LogP contribution in [0.2, 0.25) is 0 Å². The van der Waals surface area contributed by atoms with Crippen LogP contribution in [0, 0.1) is 6.92 Å². The van der Waals surface area contributed by atoms with E-state index in [1.807, 2.05) is 17.9 Å². The fourth-order valence-corrected chi connectivity index (χ4v) is 6.15. The molecule has 4 aromatic rings. The number of hydrogen-bond acceptors (Lipinski definition) is 4. The molecular formula is C29H35N3O3S. The molecule has 2 aromatic carbocycles. The first-order valence-electron chi connectivity index (χ1n) is 12.9. The van der Waals surface area contributed by atoms with Gasteiger partial charge in [0, 0.05) is 47.5 Å². The third kappa shape index (κ3) is 5.13.